The molecule has 1 N–H and O–H groups in total. The van der Waals surface area contributed by atoms with E-state index in [0.717, 1.165) is 28.2 Å². The Balaban J connectivity index is 1.51. The standard InChI is InChI=1S/C18H16N6O/c1-13-3-2-8-23-9-16(22-18(13)23)14-4-6-15(7-5-14)21-17(25)10-24-12-19-11-20-24/h2-9,11-12H,10H2,1H3,(H,21,25). The van der Waals surface area contributed by atoms with E-state index in [1.54, 1.807) is 0 Å². The zero-order chi connectivity index (χ0) is 17.2. The number of hydrogen-bond donors (Lipinski definition) is 1. The van der Waals surface area contributed by atoms with Crippen LogP contribution in [0.1, 0.15) is 5.56 Å². The second kappa shape index (κ2) is 6.20. The topological polar surface area (TPSA) is 77.1 Å². The molecule has 3 heterocycles. The molecule has 0 unspecified atom stereocenters. The van der Waals surface area contributed by atoms with Gasteiger partial charge in [0.1, 0.15) is 24.8 Å². The number of imidazole rings is 1. The second-order valence-corrected chi connectivity index (χ2v) is 5.77. The molecular weight excluding hydrogens is 316 g/mol. The van der Waals surface area contributed by atoms with Gasteiger partial charge in [0.2, 0.25) is 5.91 Å². The molecule has 0 aliphatic carbocycles. The molecular formula is C18H16N6O. The molecule has 3 aromatic heterocycles. The Labute approximate surface area is 144 Å². The summed E-state index contributed by atoms with van der Waals surface area (Å²) < 4.78 is 3.49. The number of carbonyl (C=O) groups is 1. The van der Waals surface area contributed by atoms with Gasteiger partial charge in [0, 0.05) is 23.6 Å². The summed E-state index contributed by atoms with van der Waals surface area (Å²) >= 11 is 0. The monoisotopic (exact) mass is 332 g/mol. The third-order valence-electron chi connectivity index (χ3n) is 3.91. The van der Waals surface area contributed by atoms with E-state index in [0.29, 0.717) is 0 Å². The van der Waals surface area contributed by atoms with Gasteiger partial charge in [0.15, 0.2) is 0 Å². The number of nitrogens with zero attached hydrogens (tertiary/aromatic N) is 5. The molecule has 7 nitrogen and oxygen atoms in total. The minimum Gasteiger partial charge on any atom is -0.324 e. The first-order valence-corrected chi connectivity index (χ1v) is 7.86. The second-order valence-electron chi connectivity index (χ2n) is 5.77. The lowest BCUT2D eigenvalue weighted by Crippen LogP contribution is -2.18. The summed E-state index contributed by atoms with van der Waals surface area (Å²) in [6, 6.07) is 11.7. The van der Waals surface area contributed by atoms with Crippen molar-refractivity contribution in [3.63, 3.8) is 0 Å². The van der Waals surface area contributed by atoms with Crippen molar-refractivity contribution < 1.29 is 4.79 Å². The third kappa shape index (κ3) is 3.12. The number of aromatic nitrogens is 5. The first-order valence-electron chi connectivity index (χ1n) is 7.86. The Morgan fingerprint density at radius 3 is 2.76 bits per heavy atom. The van der Waals surface area contributed by atoms with Crippen LogP contribution in [0.2, 0.25) is 0 Å². The lowest BCUT2D eigenvalue weighted by atomic mass is 10.1. The van der Waals surface area contributed by atoms with Crippen molar-refractivity contribution >= 4 is 17.2 Å². The lowest BCUT2D eigenvalue weighted by Gasteiger charge is -2.05. The minimum absolute atomic E-state index is 0.132. The summed E-state index contributed by atoms with van der Waals surface area (Å²) in [6.45, 7) is 2.17. The Hall–Kier alpha value is -3.48. The van der Waals surface area contributed by atoms with E-state index in [2.05, 4.69) is 20.4 Å². The highest BCUT2D eigenvalue weighted by atomic mass is 16.2. The van der Waals surface area contributed by atoms with Crippen molar-refractivity contribution in [3.8, 4) is 11.3 Å². The van der Waals surface area contributed by atoms with Crippen molar-refractivity contribution in [1.82, 2.24) is 24.1 Å². The quantitative estimate of drug-likeness (QED) is 0.623. The molecule has 0 saturated heterocycles. The molecule has 124 valence electrons. The van der Waals surface area contributed by atoms with Crippen LogP contribution in [0.5, 0.6) is 0 Å². The van der Waals surface area contributed by atoms with E-state index in [1.807, 2.05) is 60.1 Å². The first-order chi connectivity index (χ1) is 12.2. The SMILES string of the molecule is Cc1cccn2cc(-c3ccc(NC(=O)Cn4cncn4)cc3)nc12. The molecule has 0 aliphatic heterocycles. The van der Waals surface area contributed by atoms with E-state index < -0.39 is 0 Å². The van der Waals surface area contributed by atoms with E-state index in [4.69, 9.17) is 0 Å². The van der Waals surface area contributed by atoms with Gasteiger partial charge in [0.05, 0.1) is 5.69 Å². The first kappa shape index (κ1) is 15.1. The van der Waals surface area contributed by atoms with E-state index in [-0.39, 0.29) is 12.5 Å². The fourth-order valence-corrected chi connectivity index (χ4v) is 2.68. The molecule has 0 bridgehead atoms. The van der Waals surface area contributed by atoms with Crippen LogP contribution >= 0.6 is 0 Å². The molecule has 25 heavy (non-hydrogen) atoms. The summed E-state index contributed by atoms with van der Waals surface area (Å²) in [4.78, 5) is 20.5. The number of anilines is 1. The zero-order valence-electron chi connectivity index (χ0n) is 13.6. The van der Waals surface area contributed by atoms with Gasteiger partial charge in [-0.15, -0.1) is 0 Å². The lowest BCUT2D eigenvalue weighted by molar-refractivity contribution is -0.116. The highest BCUT2D eigenvalue weighted by Crippen LogP contribution is 2.22. The molecule has 0 radical (unpaired) electrons. The van der Waals surface area contributed by atoms with Gasteiger partial charge in [-0.2, -0.15) is 5.10 Å². The average Bonchev–Trinajstić information content (AvgIpc) is 3.25. The molecule has 1 amide bonds. The number of carbonyl (C=O) groups excluding carboxylic acids is 1. The zero-order valence-corrected chi connectivity index (χ0v) is 13.6. The van der Waals surface area contributed by atoms with Crippen LogP contribution in [-0.2, 0) is 11.3 Å². The Kier molecular flexibility index (Phi) is 3.74. The van der Waals surface area contributed by atoms with Crippen LogP contribution in [0.25, 0.3) is 16.9 Å². The summed E-state index contributed by atoms with van der Waals surface area (Å²) in [6.07, 6.45) is 6.89. The predicted molar refractivity (Wildman–Crippen MR) is 94.0 cm³/mol. The van der Waals surface area contributed by atoms with Crippen LogP contribution in [0.15, 0.2) is 61.4 Å². The number of hydrogen-bond acceptors (Lipinski definition) is 4. The van der Waals surface area contributed by atoms with Gasteiger partial charge >= 0.3 is 0 Å². The van der Waals surface area contributed by atoms with Crippen molar-refractivity contribution in [2.24, 2.45) is 0 Å². The fourth-order valence-electron chi connectivity index (χ4n) is 2.68. The van der Waals surface area contributed by atoms with Crippen molar-refractivity contribution in [1.29, 1.82) is 0 Å². The maximum atomic E-state index is 12.0. The molecule has 0 aliphatic rings. The molecule has 4 aromatic rings. The molecule has 4 rings (SSSR count). The van der Waals surface area contributed by atoms with Crippen LogP contribution in [0, 0.1) is 6.92 Å². The van der Waals surface area contributed by atoms with Crippen LogP contribution in [0.4, 0.5) is 5.69 Å². The van der Waals surface area contributed by atoms with Crippen molar-refractivity contribution in [3.05, 3.63) is 67.0 Å². The highest BCUT2D eigenvalue weighted by molar-refractivity contribution is 5.90. The minimum atomic E-state index is -0.151. The van der Waals surface area contributed by atoms with E-state index in [1.165, 1.54) is 17.3 Å². The molecule has 0 atom stereocenters. The number of fused-ring (bicyclic) bond motifs is 1. The fraction of sp³-hybridized carbons (Fsp3) is 0.111. The summed E-state index contributed by atoms with van der Waals surface area (Å²) in [5.74, 6) is -0.151. The molecule has 1 aromatic carbocycles. The van der Waals surface area contributed by atoms with Gasteiger partial charge < -0.3 is 9.72 Å². The third-order valence-corrected chi connectivity index (χ3v) is 3.91. The average molecular weight is 332 g/mol. The van der Waals surface area contributed by atoms with Crippen molar-refractivity contribution in [2.45, 2.75) is 13.5 Å². The van der Waals surface area contributed by atoms with E-state index >= 15 is 0 Å². The smallest absolute Gasteiger partial charge is 0.246 e. The van der Waals surface area contributed by atoms with Gasteiger partial charge in [-0.25, -0.2) is 14.6 Å². The number of rotatable bonds is 4. The Bertz CT molecular complexity index is 1020. The van der Waals surface area contributed by atoms with Crippen LogP contribution in [-0.4, -0.2) is 30.1 Å². The van der Waals surface area contributed by atoms with Crippen molar-refractivity contribution in [2.75, 3.05) is 5.32 Å². The van der Waals surface area contributed by atoms with Crippen LogP contribution < -0.4 is 5.32 Å². The summed E-state index contributed by atoms with van der Waals surface area (Å²) in [7, 11) is 0. The molecule has 0 fully saturated rings. The number of pyridine rings is 1. The normalized spacial score (nSPS) is 10.9. The maximum absolute atomic E-state index is 12.0. The number of aryl methyl sites for hydroxylation is 1. The van der Waals surface area contributed by atoms with Gasteiger partial charge in [0.25, 0.3) is 0 Å². The predicted octanol–water partition coefficient (Wildman–Crippen LogP) is 2.54. The summed E-state index contributed by atoms with van der Waals surface area (Å²) in [5.41, 5.74) is 4.70. The number of nitrogens with one attached hydrogen (secondary N) is 1. The van der Waals surface area contributed by atoms with Crippen LogP contribution in [0.3, 0.4) is 0 Å². The van der Waals surface area contributed by atoms with E-state index in [9.17, 15) is 4.79 Å². The molecule has 0 spiro atoms. The molecule has 7 heteroatoms. The summed E-state index contributed by atoms with van der Waals surface area (Å²) in [5, 5.41) is 6.76. The highest BCUT2D eigenvalue weighted by Gasteiger charge is 2.07. The van der Waals surface area contributed by atoms with Gasteiger partial charge in [-0.05, 0) is 30.7 Å². The Morgan fingerprint density at radius 2 is 2.04 bits per heavy atom. The number of benzene rings is 1. The maximum Gasteiger partial charge on any atom is 0.246 e. The number of amides is 1. The van der Waals surface area contributed by atoms with Gasteiger partial charge in [-0.3, -0.25) is 4.79 Å². The Morgan fingerprint density at radius 1 is 1.20 bits per heavy atom. The van der Waals surface area contributed by atoms with Gasteiger partial charge in [-0.1, -0.05) is 18.2 Å². The molecule has 0 saturated carbocycles. The largest absolute Gasteiger partial charge is 0.324 e.